The minimum Gasteiger partial charge on any atom is -0.398 e. The Labute approximate surface area is 128 Å². The summed E-state index contributed by atoms with van der Waals surface area (Å²) in [5, 5.41) is 0. The van der Waals surface area contributed by atoms with Crippen LogP contribution in [0.2, 0.25) is 0 Å². The van der Waals surface area contributed by atoms with Crippen LogP contribution in [0.25, 0.3) is 0 Å². The van der Waals surface area contributed by atoms with Gasteiger partial charge in [-0.2, -0.15) is 0 Å². The van der Waals surface area contributed by atoms with Crippen molar-refractivity contribution in [3.8, 4) is 0 Å². The number of nitrogens with two attached hydrogens (primary N) is 1. The van der Waals surface area contributed by atoms with Gasteiger partial charge in [0.05, 0.1) is 0 Å². The van der Waals surface area contributed by atoms with Gasteiger partial charge in [0.15, 0.2) is 0 Å². The number of hydrogen-bond acceptors (Lipinski definition) is 2. The van der Waals surface area contributed by atoms with Gasteiger partial charge in [-0.15, -0.1) is 0 Å². The van der Waals surface area contributed by atoms with E-state index in [9.17, 15) is 0 Å². The van der Waals surface area contributed by atoms with Gasteiger partial charge in [-0.05, 0) is 43.0 Å². The molecular weight excluding hydrogens is 312 g/mol. The predicted molar refractivity (Wildman–Crippen MR) is 89.0 cm³/mol. The molecule has 0 radical (unpaired) electrons. The van der Waals surface area contributed by atoms with E-state index >= 15 is 0 Å². The van der Waals surface area contributed by atoms with E-state index in [0.717, 1.165) is 23.2 Å². The molecule has 3 heteroatoms. The Morgan fingerprint density at radius 3 is 2.75 bits per heavy atom. The lowest BCUT2D eigenvalue weighted by Crippen LogP contribution is -2.24. The number of nitrogen functional groups attached to an aromatic ring is 1. The van der Waals surface area contributed by atoms with Crippen LogP contribution in [0.5, 0.6) is 0 Å². The molecule has 0 aliphatic carbocycles. The monoisotopic (exact) mass is 330 g/mol. The van der Waals surface area contributed by atoms with Crippen LogP contribution in [-0.2, 0) is 13.0 Å². The summed E-state index contributed by atoms with van der Waals surface area (Å²) < 4.78 is 1.10. The van der Waals surface area contributed by atoms with Crippen molar-refractivity contribution in [2.24, 2.45) is 0 Å². The van der Waals surface area contributed by atoms with Crippen molar-refractivity contribution in [1.29, 1.82) is 0 Å². The molecule has 0 atom stereocenters. The van der Waals surface area contributed by atoms with Gasteiger partial charge in [0.25, 0.3) is 0 Å². The predicted octanol–water partition coefficient (Wildman–Crippen LogP) is 4.37. The minimum absolute atomic E-state index is 0.862. The molecule has 0 amide bonds. The summed E-state index contributed by atoms with van der Waals surface area (Å²) in [5.74, 6) is 0. The second-order valence-electron chi connectivity index (χ2n) is 5.31. The normalized spacial score (nSPS) is 14.8. The van der Waals surface area contributed by atoms with Crippen LogP contribution in [-0.4, -0.2) is 6.54 Å². The van der Waals surface area contributed by atoms with E-state index in [0.29, 0.717) is 0 Å². The molecular formula is C17H19BrN2. The van der Waals surface area contributed by atoms with Crippen LogP contribution >= 0.6 is 15.9 Å². The van der Waals surface area contributed by atoms with Crippen molar-refractivity contribution < 1.29 is 0 Å². The fraction of sp³-hybridized carbons (Fsp3) is 0.294. The summed E-state index contributed by atoms with van der Waals surface area (Å²) in [7, 11) is 0. The molecule has 1 heterocycles. The fourth-order valence-electron chi connectivity index (χ4n) is 2.87. The van der Waals surface area contributed by atoms with Crippen LogP contribution < -0.4 is 10.6 Å². The number of aryl methyl sites for hydroxylation is 1. The van der Waals surface area contributed by atoms with Crippen LogP contribution in [0.3, 0.4) is 0 Å². The van der Waals surface area contributed by atoms with Gasteiger partial charge in [-0.1, -0.05) is 40.2 Å². The van der Waals surface area contributed by atoms with Crippen molar-refractivity contribution in [1.82, 2.24) is 0 Å². The summed E-state index contributed by atoms with van der Waals surface area (Å²) in [4.78, 5) is 2.46. The molecule has 0 aromatic heterocycles. The lowest BCUT2D eigenvalue weighted by atomic mass is 10.1. The number of fused-ring (bicyclic) bond motifs is 1. The molecule has 0 spiro atoms. The van der Waals surface area contributed by atoms with Gasteiger partial charge >= 0.3 is 0 Å². The minimum atomic E-state index is 0.862. The van der Waals surface area contributed by atoms with Crippen molar-refractivity contribution in [2.75, 3.05) is 17.2 Å². The van der Waals surface area contributed by atoms with Crippen molar-refractivity contribution in [3.05, 3.63) is 58.1 Å². The Bertz CT molecular complexity index is 589. The maximum absolute atomic E-state index is 6.14. The van der Waals surface area contributed by atoms with E-state index in [1.54, 1.807) is 0 Å². The standard InChI is InChI=1S/C17H19BrN2/c18-15-8-5-9-16(19)14(15)12-20-11-4-3-7-13-6-1-2-10-17(13)20/h1-2,5-6,8-10H,3-4,7,11-12,19H2. The molecule has 1 aliphatic heterocycles. The Balaban J connectivity index is 1.94. The third-order valence-electron chi connectivity index (χ3n) is 3.96. The molecule has 2 nitrogen and oxygen atoms in total. The lowest BCUT2D eigenvalue weighted by Gasteiger charge is -2.26. The molecule has 0 saturated carbocycles. The summed E-state index contributed by atoms with van der Waals surface area (Å²) in [6.07, 6.45) is 3.68. The highest BCUT2D eigenvalue weighted by atomic mass is 79.9. The third kappa shape index (κ3) is 2.68. The maximum atomic E-state index is 6.14. The van der Waals surface area contributed by atoms with Gasteiger partial charge < -0.3 is 10.6 Å². The van der Waals surface area contributed by atoms with Crippen molar-refractivity contribution >= 4 is 27.3 Å². The highest BCUT2D eigenvalue weighted by molar-refractivity contribution is 9.10. The van der Waals surface area contributed by atoms with E-state index in [4.69, 9.17) is 5.73 Å². The maximum Gasteiger partial charge on any atom is 0.0461 e. The van der Waals surface area contributed by atoms with Gasteiger partial charge in [-0.3, -0.25) is 0 Å². The second-order valence-corrected chi connectivity index (χ2v) is 6.17. The molecule has 2 N–H and O–H groups in total. The average molecular weight is 331 g/mol. The van der Waals surface area contributed by atoms with E-state index in [1.807, 2.05) is 12.1 Å². The molecule has 1 aliphatic rings. The molecule has 20 heavy (non-hydrogen) atoms. The smallest absolute Gasteiger partial charge is 0.0461 e. The number of halogens is 1. The molecule has 0 unspecified atom stereocenters. The number of rotatable bonds is 2. The van der Waals surface area contributed by atoms with Crippen LogP contribution in [0, 0.1) is 0 Å². The van der Waals surface area contributed by atoms with Crippen LogP contribution in [0.15, 0.2) is 46.9 Å². The van der Waals surface area contributed by atoms with Gasteiger partial charge in [0, 0.05) is 34.5 Å². The Morgan fingerprint density at radius 1 is 1.05 bits per heavy atom. The number of anilines is 2. The van der Waals surface area contributed by atoms with E-state index in [-0.39, 0.29) is 0 Å². The largest absolute Gasteiger partial charge is 0.398 e. The molecule has 3 rings (SSSR count). The van der Waals surface area contributed by atoms with Gasteiger partial charge in [0.1, 0.15) is 0 Å². The number of para-hydroxylation sites is 1. The zero-order valence-electron chi connectivity index (χ0n) is 11.5. The Morgan fingerprint density at radius 2 is 1.90 bits per heavy atom. The van der Waals surface area contributed by atoms with E-state index in [2.05, 4.69) is 51.2 Å². The lowest BCUT2D eigenvalue weighted by molar-refractivity contribution is 0.714. The molecule has 0 bridgehead atoms. The van der Waals surface area contributed by atoms with Crippen molar-refractivity contribution in [3.63, 3.8) is 0 Å². The van der Waals surface area contributed by atoms with Gasteiger partial charge in [0.2, 0.25) is 0 Å². The Kier molecular flexibility index (Phi) is 3.97. The summed E-state index contributed by atoms with van der Waals surface area (Å²) in [5.41, 5.74) is 11.0. The summed E-state index contributed by atoms with van der Waals surface area (Å²) in [6.45, 7) is 1.96. The topological polar surface area (TPSA) is 29.3 Å². The zero-order chi connectivity index (χ0) is 13.9. The average Bonchev–Trinajstić information content (AvgIpc) is 2.66. The molecule has 2 aromatic rings. The summed E-state index contributed by atoms with van der Waals surface area (Å²) in [6, 6.07) is 14.8. The Hall–Kier alpha value is -1.48. The first-order valence-electron chi connectivity index (χ1n) is 7.11. The molecule has 104 valence electrons. The third-order valence-corrected chi connectivity index (χ3v) is 4.70. The van der Waals surface area contributed by atoms with Crippen molar-refractivity contribution in [2.45, 2.75) is 25.8 Å². The number of benzene rings is 2. The highest BCUT2D eigenvalue weighted by Gasteiger charge is 2.16. The van der Waals surface area contributed by atoms with Crippen LogP contribution in [0.1, 0.15) is 24.0 Å². The zero-order valence-corrected chi connectivity index (χ0v) is 13.1. The quantitative estimate of drug-likeness (QED) is 0.828. The van der Waals surface area contributed by atoms with E-state index in [1.165, 1.54) is 36.1 Å². The highest BCUT2D eigenvalue weighted by Crippen LogP contribution is 2.30. The SMILES string of the molecule is Nc1cccc(Br)c1CN1CCCCc2ccccc21. The first-order valence-corrected chi connectivity index (χ1v) is 7.91. The number of hydrogen-bond donors (Lipinski definition) is 1. The van der Waals surface area contributed by atoms with Gasteiger partial charge in [-0.25, -0.2) is 0 Å². The van der Waals surface area contributed by atoms with E-state index < -0.39 is 0 Å². The first-order chi connectivity index (χ1) is 9.75. The summed E-state index contributed by atoms with van der Waals surface area (Å²) >= 11 is 3.63. The molecule has 0 saturated heterocycles. The second kappa shape index (κ2) is 5.88. The molecule has 0 fully saturated rings. The first kappa shape index (κ1) is 13.5. The number of nitrogens with zero attached hydrogens (tertiary/aromatic N) is 1. The molecule has 2 aromatic carbocycles. The van der Waals surface area contributed by atoms with Crippen LogP contribution in [0.4, 0.5) is 11.4 Å². The fourth-order valence-corrected chi connectivity index (χ4v) is 3.37.